The normalized spacial score (nSPS) is 17.4. The van der Waals surface area contributed by atoms with Crippen molar-refractivity contribution in [3.8, 4) is 10.6 Å². The van der Waals surface area contributed by atoms with Crippen LogP contribution in [0.4, 0.5) is 0 Å². The van der Waals surface area contributed by atoms with Gasteiger partial charge in [0.25, 0.3) is 0 Å². The van der Waals surface area contributed by atoms with Crippen molar-refractivity contribution in [3.05, 3.63) is 40.4 Å². The van der Waals surface area contributed by atoms with Crippen LogP contribution in [0.25, 0.3) is 10.6 Å². The number of primary amides is 1. The zero-order chi connectivity index (χ0) is 16.4. The maximum atomic E-state index is 12.3. The predicted octanol–water partition coefficient (Wildman–Crippen LogP) is 2.34. The summed E-state index contributed by atoms with van der Waals surface area (Å²) in [5.74, 6) is -0.570. The molecule has 5 nitrogen and oxygen atoms in total. The summed E-state index contributed by atoms with van der Waals surface area (Å²) in [6, 6.07) is 7.45. The third-order valence-electron chi connectivity index (χ3n) is 3.92. The van der Waals surface area contributed by atoms with Crippen LogP contribution in [0, 0.1) is 5.92 Å². The van der Waals surface area contributed by atoms with E-state index in [2.05, 4.69) is 4.98 Å². The van der Waals surface area contributed by atoms with Crippen LogP contribution in [0.3, 0.4) is 0 Å². The molecule has 0 unspecified atom stereocenters. The lowest BCUT2D eigenvalue weighted by Gasteiger charge is -2.15. The molecule has 23 heavy (non-hydrogen) atoms. The molecule has 7 heteroatoms. The largest absolute Gasteiger partial charge is 0.369 e. The first kappa shape index (κ1) is 16.0. The van der Waals surface area contributed by atoms with Gasteiger partial charge in [-0.3, -0.25) is 9.59 Å². The number of carbonyl (C=O) groups is 2. The van der Waals surface area contributed by atoms with Gasteiger partial charge in [0.05, 0.1) is 18.0 Å². The van der Waals surface area contributed by atoms with Gasteiger partial charge in [0, 0.05) is 29.1 Å². The molecule has 3 rings (SSSR count). The molecule has 0 spiro atoms. The van der Waals surface area contributed by atoms with Crippen molar-refractivity contribution >= 4 is 34.8 Å². The van der Waals surface area contributed by atoms with Gasteiger partial charge in [-0.15, -0.1) is 11.3 Å². The van der Waals surface area contributed by atoms with E-state index in [0.717, 1.165) is 16.3 Å². The Hall–Kier alpha value is -1.92. The average Bonchev–Trinajstić information content (AvgIpc) is 3.17. The van der Waals surface area contributed by atoms with Crippen molar-refractivity contribution in [2.24, 2.45) is 11.7 Å². The standard InChI is InChI=1S/C16H16ClN3O2S/c17-12-3-1-10(2-4-12)16-19-13(9-23-16)7-14(21)20-6-5-11(8-20)15(18)22/h1-4,9,11H,5-8H2,(H2,18,22)/t11-/m1/s1. The summed E-state index contributed by atoms with van der Waals surface area (Å²) >= 11 is 7.38. The number of likely N-dealkylation sites (tertiary alicyclic amines) is 1. The molecule has 0 radical (unpaired) electrons. The number of hydrogen-bond acceptors (Lipinski definition) is 4. The van der Waals surface area contributed by atoms with Gasteiger partial charge in [0.15, 0.2) is 0 Å². The third kappa shape index (κ3) is 3.71. The molecule has 0 bridgehead atoms. The van der Waals surface area contributed by atoms with Crippen LogP contribution in [-0.4, -0.2) is 34.8 Å². The van der Waals surface area contributed by atoms with Crippen LogP contribution in [0.1, 0.15) is 12.1 Å². The quantitative estimate of drug-likeness (QED) is 0.920. The Morgan fingerprint density at radius 3 is 2.74 bits per heavy atom. The second-order valence-electron chi connectivity index (χ2n) is 5.56. The Balaban J connectivity index is 1.64. The Bertz CT molecular complexity index is 729. The summed E-state index contributed by atoms with van der Waals surface area (Å²) in [6.07, 6.45) is 0.893. The first-order valence-electron chi connectivity index (χ1n) is 7.30. The van der Waals surface area contributed by atoms with Crippen LogP contribution < -0.4 is 5.73 Å². The highest BCUT2D eigenvalue weighted by molar-refractivity contribution is 7.13. The van der Waals surface area contributed by atoms with E-state index in [1.54, 1.807) is 4.90 Å². The minimum atomic E-state index is -0.334. The van der Waals surface area contributed by atoms with Crippen molar-refractivity contribution in [3.63, 3.8) is 0 Å². The van der Waals surface area contributed by atoms with Gasteiger partial charge in [-0.1, -0.05) is 23.7 Å². The SMILES string of the molecule is NC(=O)[C@@H]1CCN(C(=O)Cc2csc(-c3ccc(Cl)cc3)n2)C1. The number of amides is 2. The van der Waals surface area contributed by atoms with Gasteiger partial charge in [-0.25, -0.2) is 4.98 Å². The Morgan fingerprint density at radius 1 is 1.35 bits per heavy atom. The maximum Gasteiger partial charge on any atom is 0.228 e. The number of carbonyl (C=O) groups excluding carboxylic acids is 2. The maximum absolute atomic E-state index is 12.3. The number of nitrogens with two attached hydrogens (primary N) is 1. The average molecular weight is 350 g/mol. The molecule has 1 aliphatic rings. The highest BCUT2D eigenvalue weighted by Crippen LogP contribution is 2.26. The van der Waals surface area contributed by atoms with Crippen LogP contribution in [0.5, 0.6) is 0 Å². The number of thiazole rings is 1. The van der Waals surface area contributed by atoms with Crippen molar-refractivity contribution < 1.29 is 9.59 Å². The second kappa shape index (κ2) is 6.68. The molecular formula is C16H16ClN3O2S. The molecule has 1 saturated heterocycles. The minimum Gasteiger partial charge on any atom is -0.369 e. The smallest absolute Gasteiger partial charge is 0.228 e. The number of benzene rings is 1. The monoisotopic (exact) mass is 349 g/mol. The lowest BCUT2D eigenvalue weighted by atomic mass is 10.1. The topological polar surface area (TPSA) is 76.3 Å². The van der Waals surface area contributed by atoms with E-state index >= 15 is 0 Å². The van der Waals surface area contributed by atoms with Crippen molar-refractivity contribution in [2.45, 2.75) is 12.8 Å². The van der Waals surface area contributed by atoms with Gasteiger partial charge < -0.3 is 10.6 Å². The summed E-state index contributed by atoms with van der Waals surface area (Å²) in [4.78, 5) is 29.7. The van der Waals surface area contributed by atoms with E-state index in [1.807, 2.05) is 29.6 Å². The van der Waals surface area contributed by atoms with E-state index < -0.39 is 0 Å². The third-order valence-corrected chi connectivity index (χ3v) is 5.11. The van der Waals surface area contributed by atoms with Crippen LogP contribution in [-0.2, 0) is 16.0 Å². The summed E-state index contributed by atoms with van der Waals surface area (Å²) in [7, 11) is 0. The minimum absolute atomic E-state index is 0.0123. The van der Waals surface area contributed by atoms with Gasteiger partial charge in [0.1, 0.15) is 5.01 Å². The Labute approximate surface area is 143 Å². The van der Waals surface area contributed by atoms with Crippen molar-refractivity contribution in [1.82, 2.24) is 9.88 Å². The summed E-state index contributed by atoms with van der Waals surface area (Å²) in [6.45, 7) is 1.00. The van der Waals surface area contributed by atoms with Crippen LogP contribution in [0.2, 0.25) is 5.02 Å². The predicted molar refractivity (Wildman–Crippen MR) is 90.1 cm³/mol. The van der Waals surface area contributed by atoms with Gasteiger partial charge >= 0.3 is 0 Å². The molecule has 1 aromatic heterocycles. The molecule has 1 fully saturated rings. The van der Waals surface area contributed by atoms with E-state index in [1.165, 1.54) is 11.3 Å². The van der Waals surface area contributed by atoms with Crippen molar-refractivity contribution in [1.29, 1.82) is 0 Å². The molecule has 0 aliphatic carbocycles. The Morgan fingerprint density at radius 2 is 2.09 bits per heavy atom. The van der Waals surface area contributed by atoms with Crippen LogP contribution >= 0.6 is 22.9 Å². The fourth-order valence-corrected chi connectivity index (χ4v) is 3.55. The lowest BCUT2D eigenvalue weighted by molar-refractivity contribution is -0.129. The summed E-state index contributed by atoms with van der Waals surface area (Å²) < 4.78 is 0. The molecule has 2 aromatic rings. The molecule has 120 valence electrons. The van der Waals surface area contributed by atoms with E-state index in [0.29, 0.717) is 24.5 Å². The second-order valence-corrected chi connectivity index (χ2v) is 6.85. The van der Waals surface area contributed by atoms with E-state index in [-0.39, 0.29) is 24.2 Å². The van der Waals surface area contributed by atoms with Crippen molar-refractivity contribution in [2.75, 3.05) is 13.1 Å². The first-order valence-corrected chi connectivity index (χ1v) is 8.56. The van der Waals surface area contributed by atoms with Gasteiger partial charge in [-0.2, -0.15) is 0 Å². The zero-order valence-corrected chi connectivity index (χ0v) is 13.9. The van der Waals surface area contributed by atoms with Gasteiger partial charge in [0.2, 0.25) is 11.8 Å². The Kier molecular flexibility index (Phi) is 4.63. The molecule has 1 atom stereocenters. The molecule has 2 N–H and O–H groups in total. The first-order chi connectivity index (χ1) is 11.0. The fraction of sp³-hybridized carbons (Fsp3) is 0.312. The number of halogens is 1. The molecule has 2 heterocycles. The molecular weight excluding hydrogens is 334 g/mol. The molecule has 0 saturated carbocycles. The van der Waals surface area contributed by atoms with Crippen LogP contribution in [0.15, 0.2) is 29.6 Å². The number of nitrogens with zero attached hydrogens (tertiary/aromatic N) is 2. The summed E-state index contributed by atoms with van der Waals surface area (Å²) in [5, 5.41) is 3.43. The zero-order valence-electron chi connectivity index (χ0n) is 12.4. The lowest BCUT2D eigenvalue weighted by Crippen LogP contribution is -2.32. The van der Waals surface area contributed by atoms with Gasteiger partial charge in [-0.05, 0) is 18.6 Å². The number of aromatic nitrogens is 1. The highest BCUT2D eigenvalue weighted by atomic mass is 35.5. The fourth-order valence-electron chi connectivity index (χ4n) is 2.60. The molecule has 1 aliphatic heterocycles. The number of rotatable bonds is 4. The molecule has 2 amide bonds. The molecule has 1 aromatic carbocycles. The van der Waals surface area contributed by atoms with E-state index in [4.69, 9.17) is 17.3 Å². The summed E-state index contributed by atoms with van der Waals surface area (Å²) in [5.41, 5.74) is 7.02. The van der Waals surface area contributed by atoms with E-state index in [9.17, 15) is 9.59 Å². The highest BCUT2D eigenvalue weighted by Gasteiger charge is 2.29. The number of hydrogen-bond donors (Lipinski definition) is 1.